The molecule has 2 amide bonds. The first kappa shape index (κ1) is 21.0. The van der Waals surface area contributed by atoms with Gasteiger partial charge in [0, 0.05) is 31.9 Å². The molecule has 1 saturated heterocycles. The minimum Gasteiger partial charge on any atom is -0.371 e. The van der Waals surface area contributed by atoms with Gasteiger partial charge in [0.1, 0.15) is 5.82 Å². The lowest BCUT2D eigenvalue weighted by Gasteiger charge is -2.33. The van der Waals surface area contributed by atoms with Crippen molar-refractivity contribution in [3.63, 3.8) is 0 Å². The fourth-order valence-electron chi connectivity index (χ4n) is 3.22. The number of halogens is 1. The largest absolute Gasteiger partial charge is 0.371 e. The zero-order valence-electron chi connectivity index (χ0n) is 16.5. The number of carbonyl (C=O) groups excluding carboxylic acids is 2. The molecule has 0 bridgehead atoms. The van der Waals surface area contributed by atoms with E-state index < -0.39 is 17.6 Å². The third kappa shape index (κ3) is 6.10. The van der Waals surface area contributed by atoms with E-state index in [1.165, 1.54) is 6.07 Å². The monoisotopic (exact) mass is 399 g/mol. The molecule has 1 heterocycles. The van der Waals surface area contributed by atoms with E-state index in [4.69, 9.17) is 4.74 Å². The van der Waals surface area contributed by atoms with Gasteiger partial charge in [0.2, 0.25) is 0 Å². The van der Waals surface area contributed by atoms with E-state index >= 15 is 0 Å². The van der Waals surface area contributed by atoms with Gasteiger partial charge < -0.3 is 15.4 Å². The lowest BCUT2D eigenvalue weighted by molar-refractivity contribution is -0.136. The molecule has 0 radical (unpaired) electrons. The van der Waals surface area contributed by atoms with E-state index in [1.54, 1.807) is 19.1 Å². The Morgan fingerprint density at radius 2 is 1.97 bits per heavy atom. The van der Waals surface area contributed by atoms with Crippen molar-refractivity contribution < 1.29 is 18.7 Å². The van der Waals surface area contributed by atoms with Crippen LogP contribution in [-0.4, -0.2) is 49.5 Å². The molecule has 0 aliphatic carbocycles. The van der Waals surface area contributed by atoms with Gasteiger partial charge in [-0.15, -0.1) is 0 Å². The third-order valence-corrected chi connectivity index (χ3v) is 4.89. The molecule has 154 valence electrons. The highest BCUT2D eigenvalue weighted by Gasteiger charge is 2.21. The number of aryl methyl sites for hydroxylation is 1. The first-order valence-electron chi connectivity index (χ1n) is 9.77. The fraction of sp³-hybridized carbons (Fsp3) is 0.364. The maximum absolute atomic E-state index is 13.5. The topological polar surface area (TPSA) is 70.7 Å². The first-order valence-corrected chi connectivity index (χ1v) is 9.77. The molecule has 2 N–H and O–H groups in total. The van der Waals surface area contributed by atoms with Gasteiger partial charge in [-0.25, -0.2) is 4.39 Å². The lowest BCUT2D eigenvalue weighted by Crippen LogP contribution is -2.41. The summed E-state index contributed by atoms with van der Waals surface area (Å²) in [6.07, 6.45) is 0.778. The van der Waals surface area contributed by atoms with Crippen LogP contribution in [0.1, 0.15) is 23.7 Å². The van der Waals surface area contributed by atoms with Crippen LogP contribution >= 0.6 is 0 Å². The van der Waals surface area contributed by atoms with Crippen LogP contribution in [0.3, 0.4) is 0 Å². The van der Waals surface area contributed by atoms with Crippen LogP contribution in [0.2, 0.25) is 0 Å². The summed E-state index contributed by atoms with van der Waals surface area (Å²) in [7, 11) is 0. The summed E-state index contributed by atoms with van der Waals surface area (Å²) < 4.78 is 19.4. The van der Waals surface area contributed by atoms with E-state index in [-0.39, 0.29) is 11.8 Å². The minimum absolute atomic E-state index is 0.0558. The van der Waals surface area contributed by atoms with E-state index in [0.717, 1.165) is 31.6 Å². The van der Waals surface area contributed by atoms with Gasteiger partial charge in [-0.2, -0.15) is 0 Å². The van der Waals surface area contributed by atoms with Gasteiger partial charge >= 0.3 is 11.8 Å². The molecule has 2 aromatic rings. The summed E-state index contributed by atoms with van der Waals surface area (Å²) in [5, 5.41) is 5.01. The molecular weight excluding hydrogens is 373 g/mol. The van der Waals surface area contributed by atoms with Crippen molar-refractivity contribution in [2.75, 3.05) is 38.1 Å². The number of carbonyl (C=O) groups is 2. The van der Waals surface area contributed by atoms with Crippen molar-refractivity contribution in [1.82, 2.24) is 10.2 Å². The van der Waals surface area contributed by atoms with Crippen LogP contribution in [0, 0.1) is 12.7 Å². The molecule has 29 heavy (non-hydrogen) atoms. The standard InChI is InChI=1S/C22H26FN3O3/c1-16-8-9-18(14-19(16)23)25-22(28)21(27)24-10-5-11-26-12-13-29-20(15-26)17-6-3-2-4-7-17/h2-4,6-9,14,20H,5,10-13,15H2,1H3,(H,24,27)(H,25,28). The molecule has 1 atom stereocenters. The van der Waals surface area contributed by atoms with Crippen molar-refractivity contribution in [3.8, 4) is 0 Å². The molecule has 6 nitrogen and oxygen atoms in total. The summed E-state index contributed by atoms with van der Waals surface area (Å²) in [5.41, 5.74) is 1.90. The number of nitrogens with zero attached hydrogens (tertiary/aromatic N) is 1. The second kappa shape index (κ2) is 10.1. The van der Waals surface area contributed by atoms with E-state index in [9.17, 15) is 14.0 Å². The minimum atomic E-state index is -0.802. The molecule has 1 aliphatic rings. The lowest BCUT2D eigenvalue weighted by atomic mass is 10.1. The maximum Gasteiger partial charge on any atom is 0.313 e. The zero-order chi connectivity index (χ0) is 20.6. The Bertz CT molecular complexity index is 844. The summed E-state index contributed by atoms with van der Waals surface area (Å²) in [5.74, 6) is -1.96. The van der Waals surface area contributed by atoms with Crippen LogP contribution in [0.15, 0.2) is 48.5 Å². The second-order valence-corrected chi connectivity index (χ2v) is 7.10. The van der Waals surface area contributed by atoms with Gasteiger partial charge in [-0.1, -0.05) is 36.4 Å². The number of nitrogens with one attached hydrogen (secondary N) is 2. The number of rotatable bonds is 6. The Labute approximate surface area is 170 Å². The van der Waals surface area contributed by atoms with Crippen LogP contribution < -0.4 is 10.6 Å². The number of hydrogen-bond donors (Lipinski definition) is 2. The predicted octanol–water partition coefficient (Wildman–Crippen LogP) is 2.65. The quantitative estimate of drug-likeness (QED) is 0.579. The Morgan fingerprint density at radius 3 is 2.72 bits per heavy atom. The van der Waals surface area contributed by atoms with Gasteiger partial charge in [-0.05, 0) is 36.6 Å². The maximum atomic E-state index is 13.5. The fourth-order valence-corrected chi connectivity index (χ4v) is 3.22. The average molecular weight is 399 g/mol. The Kier molecular flexibility index (Phi) is 7.32. The average Bonchev–Trinajstić information content (AvgIpc) is 2.74. The van der Waals surface area contributed by atoms with E-state index in [1.807, 2.05) is 18.2 Å². The molecule has 0 aromatic heterocycles. The number of amides is 2. The number of anilines is 1. The molecular formula is C22H26FN3O3. The molecule has 0 saturated carbocycles. The second-order valence-electron chi connectivity index (χ2n) is 7.10. The van der Waals surface area contributed by atoms with Gasteiger partial charge in [0.05, 0.1) is 12.7 Å². The van der Waals surface area contributed by atoms with Crippen LogP contribution in [0.5, 0.6) is 0 Å². The summed E-state index contributed by atoms with van der Waals surface area (Å²) in [4.78, 5) is 26.2. The molecule has 2 aromatic carbocycles. The van der Waals surface area contributed by atoms with Gasteiger partial charge in [0.15, 0.2) is 0 Å². The Hall–Kier alpha value is -2.77. The highest BCUT2D eigenvalue weighted by molar-refractivity contribution is 6.39. The molecule has 0 spiro atoms. The molecule has 7 heteroatoms. The third-order valence-electron chi connectivity index (χ3n) is 4.89. The number of hydrogen-bond acceptors (Lipinski definition) is 4. The number of morpholine rings is 1. The van der Waals surface area contributed by atoms with Gasteiger partial charge in [0.25, 0.3) is 0 Å². The van der Waals surface area contributed by atoms with E-state index in [0.29, 0.717) is 18.7 Å². The van der Waals surface area contributed by atoms with Gasteiger partial charge in [-0.3, -0.25) is 14.5 Å². The molecule has 1 unspecified atom stereocenters. The van der Waals surface area contributed by atoms with Crippen molar-refractivity contribution in [1.29, 1.82) is 0 Å². The van der Waals surface area contributed by atoms with Crippen molar-refractivity contribution in [3.05, 3.63) is 65.5 Å². The predicted molar refractivity (Wildman–Crippen MR) is 109 cm³/mol. The smallest absolute Gasteiger partial charge is 0.313 e. The van der Waals surface area contributed by atoms with Crippen molar-refractivity contribution in [2.24, 2.45) is 0 Å². The highest BCUT2D eigenvalue weighted by atomic mass is 19.1. The number of ether oxygens (including phenoxy) is 1. The SMILES string of the molecule is Cc1ccc(NC(=O)C(=O)NCCCN2CCOC(c3ccccc3)C2)cc1F. The summed E-state index contributed by atoms with van der Waals surface area (Å²) >= 11 is 0. The first-order chi connectivity index (χ1) is 14.0. The Balaban J connectivity index is 1.37. The van der Waals surface area contributed by atoms with E-state index in [2.05, 4.69) is 27.7 Å². The van der Waals surface area contributed by atoms with Crippen molar-refractivity contribution >= 4 is 17.5 Å². The molecule has 1 fully saturated rings. The zero-order valence-corrected chi connectivity index (χ0v) is 16.5. The molecule has 1 aliphatic heterocycles. The summed E-state index contributed by atoms with van der Waals surface area (Å²) in [6, 6.07) is 14.4. The highest BCUT2D eigenvalue weighted by Crippen LogP contribution is 2.21. The van der Waals surface area contributed by atoms with Crippen LogP contribution in [0.4, 0.5) is 10.1 Å². The molecule has 3 rings (SSSR count). The van der Waals surface area contributed by atoms with Crippen molar-refractivity contribution in [2.45, 2.75) is 19.4 Å². The van der Waals surface area contributed by atoms with Crippen LogP contribution in [-0.2, 0) is 14.3 Å². The normalized spacial score (nSPS) is 17.0. The van der Waals surface area contributed by atoms with Crippen LogP contribution in [0.25, 0.3) is 0 Å². The Morgan fingerprint density at radius 1 is 1.17 bits per heavy atom. The number of benzene rings is 2. The summed E-state index contributed by atoms with van der Waals surface area (Å²) in [6.45, 7) is 5.14.